The molecule has 0 radical (unpaired) electrons. The second-order valence-electron chi connectivity index (χ2n) is 18.5. The molecule has 6 heteroatoms. The van der Waals surface area contributed by atoms with Gasteiger partial charge in [-0.15, -0.1) is 0 Å². The van der Waals surface area contributed by atoms with Gasteiger partial charge >= 0.3 is 5.97 Å². The molecule has 3 N–H and O–H groups in total. The molecule has 6 fully saturated rings. The first-order valence-corrected chi connectivity index (χ1v) is 18.4. The molecular formula is C40H60O6. The summed E-state index contributed by atoms with van der Waals surface area (Å²) in [5, 5.41) is 34.4. The lowest BCUT2D eigenvalue weighted by Crippen LogP contribution is -2.71. The molecule has 1 aromatic carbocycles. The molecule has 46 heavy (non-hydrogen) atoms. The number of hydrogen-bond acceptors (Lipinski definition) is 5. The minimum atomic E-state index is -1.30. The topological polar surface area (TPSA) is 96.2 Å². The lowest BCUT2D eigenvalue weighted by molar-refractivity contribution is -0.286. The Labute approximate surface area is 277 Å². The van der Waals surface area contributed by atoms with Crippen LogP contribution in [0.4, 0.5) is 0 Å². The molecule has 1 heterocycles. The number of fused-ring (bicyclic) bond motifs is 7. The average Bonchev–Trinajstić information content (AvgIpc) is 3.12. The van der Waals surface area contributed by atoms with Crippen molar-refractivity contribution < 1.29 is 29.6 Å². The monoisotopic (exact) mass is 636 g/mol. The Kier molecular flexibility index (Phi) is 7.55. The zero-order chi connectivity index (χ0) is 33.1. The Balaban J connectivity index is 1.24. The summed E-state index contributed by atoms with van der Waals surface area (Å²) in [6.07, 6.45) is 10.2. The van der Waals surface area contributed by atoms with Crippen LogP contribution in [0.1, 0.15) is 117 Å². The van der Waals surface area contributed by atoms with Crippen molar-refractivity contribution in [2.75, 3.05) is 13.7 Å². The number of carboxylic acid groups (broad SMARTS) is 1. The molecule has 1 aromatic rings. The molecule has 1 saturated heterocycles. The number of hydrogen-bond donors (Lipinski definition) is 3. The Morgan fingerprint density at radius 1 is 0.891 bits per heavy atom. The fraction of sp³-hybridized carbons (Fsp3) is 0.825. The van der Waals surface area contributed by atoms with E-state index in [9.17, 15) is 20.1 Å². The fourth-order valence-electron chi connectivity index (χ4n) is 13.9. The first-order valence-electron chi connectivity index (χ1n) is 18.4. The zero-order valence-electron chi connectivity index (χ0n) is 29.5. The summed E-state index contributed by atoms with van der Waals surface area (Å²) >= 11 is 0. The number of rotatable bonds is 6. The Morgan fingerprint density at radius 3 is 2.20 bits per heavy atom. The minimum absolute atomic E-state index is 0.0489. The molecule has 6 nitrogen and oxygen atoms in total. The normalized spacial score (nSPS) is 52.6. The first kappa shape index (κ1) is 33.0. The fourth-order valence-corrected chi connectivity index (χ4v) is 13.9. The molecule has 1 aliphatic heterocycles. The van der Waals surface area contributed by atoms with Crippen molar-refractivity contribution in [3.63, 3.8) is 0 Å². The van der Waals surface area contributed by atoms with Gasteiger partial charge in [-0.3, -0.25) is 4.79 Å². The van der Waals surface area contributed by atoms with Crippen LogP contribution in [0, 0.1) is 56.2 Å². The largest absolute Gasteiger partial charge is 0.481 e. The van der Waals surface area contributed by atoms with E-state index < -0.39 is 23.3 Å². The quantitative estimate of drug-likeness (QED) is 0.301. The van der Waals surface area contributed by atoms with Gasteiger partial charge in [-0.05, 0) is 128 Å². The first-order chi connectivity index (χ1) is 21.5. The number of aliphatic carboxylic acids is 1. The number of aliphatic hydroxyl groups excluding tert-OH is 1. The smallest absolute Gasteiger partial charge is 0.309 e. The maximum Gasteiger partial charge on any atom is 0.309 e. The highest BCUT2D eigenvalue weighted by molar-refractivity contribution is 5.74. The maximum absolute atomic E-state index is 12.6. The maximum atomic E-state index is 12.6. The number of carbonyl (C=O) groups is 1. The van der Waals surface area contributed by atoms with Gasteiger partial charge in [0.1, 0.15) is 0 Å². The van der Waals surface area contributed by atoms with Gasteiger partial charge in [0.25, 0.3) is 0 Å². The average molecular weight is 637 g/mol. The van der Waals surface area contributed by atoms with E-state index in [0.29, 0.717) is 18.4 Å². The van der Waals surface area contributed by atoms with Crippen molar-refractivity contribution in [2.45, 2.75) is 137 Å². The minimum Gasteiger partial charge on any atom is -0.481 e. The van der Waals surface area contributed by atoms with E-state index in [2.05, 4.69) is 58.9 Å². The van der Waals surface area contributed by atoms with E-state index >= 15 is 0 Å². The third-order valence-corrected chi connectivity index (χ3v) is 16.8. The van der Waals surface area contributed by atoms with Crippen molar-refractivity contribution in [1.29, 1.82) is 0 Å². The van der Waals surface area contributed by atoms with Gasteiger partial charge < -0.3 is 24.8 Å². The summed E-state index contributed by atoms with van der Waals surface area (Å²) in [4.78, 5) is 12.6. The second kappa shape index (κ2) is 10.5. The van der Waals surface area contributed by atoms with Crippen molar-refractivity contribution in [3.8, 4) is 0 Å². The van der Waals surface area contributed by atoms with Gasteiger partial charge in [-0.25, -0.2) is 0 Å². The van der Waals surface area contributed by atoms with Crippen LogP contribution in [0.5, 0.6) is 0 Å². The number of benzene rings is 1. The highest BCUT2D eigenvalue weighted by Gasteiger charge is 2.77. The highest BCUT2D eigenvalue weighted by Crippen LogP contribution is 2.80. The molecule has 1 spiro atoms. The highest BCUT2D eigenvalue weighted by atomic mass is 16.6. The van der Waals surface area contributed by atoms with Crippen LogP contribution in [0.2, 0.25) is 0 Å². The zero-order valence-corrected chi connectivity index (χ0v) is 29.5. The van der Waals surface area contributed by atoms with Crippen molar-refractivity contribution in [2.24, 2.45) is 56.2 Å². The molecule has 5 aliphatic carbocycles. The van der Waals surface area contributed by atoms with Gasteiger partial charge in [0.2, 0.25) is 0 Å². The molecule has 6 aliphatic rings. The Morgan fingerprint density at radius 2 is 1.52 bits per heavy atom. The van der Waals surface area contributed by atoms with Crippen molar-refractivity contribution in [1.82, 2.24) is 0 Å². The number of aliphatic hydroxyl groups is 2. The molecular weight excluding hydrogens is 576 g/mol. The van der Waals surface area contributed by atoms with E-state index in [-0.39, 0.29) is 51.4 Å². The standard InChI is InChI=1S/C40H60O6/c1-25-39-14-12-29-36(4,18-20-38(6)30-24-35(3,33(42)43)16-15-34(30,2)17-19-37(29,38)5)32(39)28(41)23-40(25,44)46-31(39)22-27-10-8-26(9-11-27)13-21-45-7/h8-11,25,28-32,41,44H,12-24H2,1-7H3,(H,42,43). The number of ether oxygens (including phenoxy) is 2. The van der Waals surface area contributed by atoms with Gasteiger partial charge in [-0.1, -0.05) is 58.9 Å². The van der Waals surface area contributed by atoms with E-state index in [1.54, 1.807) is 7.11 Å². The predicted octanol–water partition coefficient (Wildman–Crippen LogP) is 7.42. The molecule has 0 amide bonds. The van der Waals surface area contributed by atoms with E-state index in [0.717, 1.165) is 64.2 Å². The summed E-state index contributed by atoms with van der Waals surface area (Å²) in [6.45, 7) is 14.9. The number of carboxylic acids is 1. The van der Waals surface area contributed by atoms with Crippen molar-refractivity contribution in [3.05, 3.63) is 35.4 Å². The summed E-state index contributed by atoms with van der Waals surface area (Å²) in [6, 6.07) is 8.80. The van der Waals surface area contributed by atoms with Gasteiger partial charge in [0.15, 0.2) is 5.79 Å². The van der Waals surface area contributed by atoms with Crippen LogP contribution in [-0.4, -0.2) is 53.0 Å². The molecule has 2 bridgehead atoms. The third kappa shape index (κ3) is 4.24. The van der Waals surface area contributed by atoms with E-state index in [1.165, 1.54) is 17.5 Å². The lowest BCUT2D eigenvalue weighted by Gasteiger charge is -2.75. The number of methoxy groups -OCH3 is 1. The molecule has 13 atom stereocenters. The van der Waals surface area contributed by atoms with Crippen LogP contribution >= 0.6 is 0 Å². The van der Waals surface area contributed by atoms with Crippen LogP contribution in [0.15, 0.2) is 24.3 Å². The predicted molar refractivity (Wildman–Crippen MR) is 178 cm³/mol. The Hall–Kier alpha value is -1.47. The summed E-state index contributed by atoms with van der Waals surface area (Å²) in [5.41, 5.74) is 1.73. The summed E-state index contributed by atoms with van der Waals surface area (Å²) < 4.78 is 12.0. The van der Waals surface area contributed by atoms with Crippen LogP contribution < -0.4 is 0 Å². The molecule has 256 valence electrons. The van der Waals surface area contributed by atoms with Crippen molar-refractivity contribution >= 4 is 5.97 Å². The molecule has 5 saturated carbocycles. The Bertz CT molecular complexity index is 1360. The summed E-state index contributed by atoms with van der Waals surface area (Å²) in [7, 11) is 1.73. The van der Waals surface area contributed by atoms with Gasteiger partial charge in [-0.2, -0.15) is 0 Å². The van der Waals surface area contributed by atoms with Gasteiger partial charge in [0, 0.05) is 24.9 Å². The second-order valence-corrected chi connectivity index (χ2v) is 18.5. The van der Waals surface area contributed by atoms with Crippen LogP contribution in [0.25, 0.3) is 0 Å². The summed E-state index contributed by atoms with van der Waals surface area (Å²) in [5.74, 6) is -1.12. The third-order valence-electron chi connectivity index (χ3n) is 16.8. The van der Waals surface area contributed by atoms with E-state index in [1.807, 2.05) is 6.92 Å². The van der Waals surface area contributed by atoms with Crippen LogP contribution in [0.3, 0.4) is 0 Å². The molecule has 7 rings (SSSR count). The van der Waals surface area contributed by atoms with E-state index in [4.69, 9.17) is 9.47 Å². The SMILES string of the molecule is COCCc1ccc(CC2OC3(O)CC(O)C4C5(C)CCC6(C)C7CC(C)(C(=O)O)CCC7(C)CCC6(C)C5CCC24C3C)cc1. The molecule has 13 unspecified atom stereocenters. The van der Waals surface area contributed by atoms with Crippen LogP contribution in [-0.2, 0) is 27.1 Å². The molecule has 0 aromatic heterocycles. The lowest BCUT2D eigenvalue weighted by atomic mass is 9.29. The van der Waals surface area contributed by atoms with Gasteiger partial charge in [0.05, 0.1) is 24.2 Å².